The highest BCUT2D eigenvalue weighted by atomic mass is 16.5. The normalized spacial score (nSPS) is 33.0. The van der Waals surface area contributed by atoms with Gasteiger partial charge in [0, 0.05) is 36.8 Å². The van der Waals surface area contributed by atoms with Gasteiger partial charge in [0.25, 0.3) is 0 Å². The SMILES string of the molecule is COc1ccc(C23CCC(N)CC2N(C2CCOCC2)CC3)cc1OC. The summed E-state index contributed by atoms with van der Waals surface area (Å²) in [5, 5.41) is 0. The van der Waals surface area contributed by atoms with Crippen molar-refractivity contribution < 1.29 is 14.2 Å². The third kappa shape index (κ3) is 3.00. The monoisotopic (exact) mass is 360 g/mol. The fourth-order valence-corrected chi connectivity index (χ4v) is 5.55. The van der Waals surface area contributed by atoms with E-state index in [0.717, 1.165) is 63.4 Å². The predicted molar refractivity (Wildman–Crippen MR) is 102 cm³/mol. The molecule has 2 saturated heterocycles. The third-order valence-electron chi connectivity index (χ3n) is 6.96. The molecule has 1 saturated carbocycles. The molecule has 5 heteroatoms. The predicted octanol–water partition coefficient (Wildman–Crippen LogP) is 2.71. The number of hydrogen-bond donors (Lipinski definition) is 1. The standard InChI is InChI=1S/C21H32N2O3/c1-24-18-4-3-15(13-19(18)25-2)21-8-5-16(22)14-20(21)23(10-9-21)17-6-11-26-12-7-17/h3-4,13,16-17,20H,5-12,14,22H2,1-2H3. The Labute approximate surface area is 156 Å². The average Bonchev–Trinajstić information content (AvgIpc) is 3.08. The molecule has 0 spiro atoms. The first-order chi connectivity index (χ1) is 12.7. The molecule has 144 valence electrons. The summed E-state index contributed by atoms with van der Waals surface area (Å²) < 4.78 is 16.6. The van der Waals surface area contributed by atoms with Gasteiger partial charge in [-0.3, -0.25) is 4.90 Å². The minimum absolute atomic E-state index is 0.188. The molecule has 26 heavy (non-hydrogen) atoms. The number of ether oxygens (including phenoxy) is 3. The summed E-state index contributed by atoms with van der Waals surface area (Å²) in [6.45, 7) is 2.95. The minimum Gasteiger partial charge on any atom is -0.493 e. The lowest BCUT2D eigenvalue weighted by atomic mass is 9.65. The molecule has 2 aliphatic heterocycles. The maximum absolute atomic E-state index is 6.43. The summed E-state index contributed by atoms with van der Waals surface area (Å²) in [5.41, 5.74) is 8.00. The van der Waals surface area contributed by atoms with E-state index in [-0.39, 0.29) is 5.41 Å². The van der Waals surface area contributed by atoms with Crippen molar-refractivity contribution in [3.8, 4) is 11.5 Å². The van der Waals surface area contributed by atoms with Crippen molar-refractivity contribution in [2.75, 3.05) is 34.0 Å². The van der Waals surface area contributed by atoms with Crippen molar-refractivity contribution in [1.82, 2.24) is 4.90 Å². The Morgan fingerprint density at radius 3 is 2.58 bits per heavy atom. The van der Waals surface area contributed by atoms with Gasteiger partial charge in [0.2, 0.25) is 0 Å². The Kier molecular flexibility index (Phi) is 5.13. The van der Waals surface area contributed by atoms with Crippen LogP contribution in [-0.2, 0) is 10.2 Å². The molecule has 4 rings (SSSR count). The van der Waals surface area contributed by atoms with Gasteiger partial charge in [0.05, 0.1) is 14.2 Å². The van der Waals surface area contributed by atoms with Crippen molar-refractivity contribution in [2.45, 2.75) is 62.1 Å². The quantitative estimate of drug-likeness (QED) is 0.895. The van der Waals surface area contributed by atoms with E-state index in [2.05, 4.69) is 23.1 Å². The lowest BCUT2D eigenvalue weighted by molar-refractivity contribution is 0.0153. The van der Waals surface area contributed by atoms with Crippen LogP contribution in [0.5, 0.6) is 11.5 Å². The summed E-state index contributed by atoms with van der Waals surface area (Å²) in [4.78, 5) is 2.76. The highest BCUT2D eigenvalue weighted by Gasteiger charge is 2.52. The molecule has 1 aromatic rings. The van der Waals surface area contributed by atoms with Crippen molar-refractivity contribution in [3.05, 3.63) is 23.8 Å². The van der Waals surface area contributed by atoms with Crippen LogP contribution in [0.25, 0.3) is 0 Å². The Morgan fingerprint density at radius 1 is 1.08 bits per heavy atom. The zero-order valence-corrected chi connectivity index (χ0v) is 16.1. The molecule has 2 heterocycles. The van der Waals surface area contributed by atoms with Crippen molar-refractivity contribution in [1.29, 1.82) is 0 Å². The molecular weight excluding hydrogens is 328 g/mol. The molecule has 3 atom stereocenters. The summed E-state index contributed by atoms with van der Waals surface area (Å²) in [7, 11) is 3.41. The van der Waals surface area contributed by atoms with Crippen LogP contribution in [0.15, 0.2) is 18.2 Å². The number of fused-ring (bicyclic) bond motifs is 1. The lowest BCUT2D eigenvalue weighted by Gasteiger charge is -2.47. The van der Waals surface area contributed by atoms with Crippen LogP contribution < -0.4 is 15.2 Å². The molecule has 3 aliphatic rings. The van der Waals surface area contributed by atoms with Crippen LogP contribution in [0.3, 0.4) is 0 Å². The lowest BCUT2D eigenvalue weighted by Crippen LogP contribution is -2.53. The van der Waals surface area contributed by atoms with E-state index >= 15 is 0 Å². The van der Waals surface area contributed by atoms with E-state index in [9.17, 15) is 0 Å². The number of methoxy groups -OCH3 is 2. The zero-order valence-electron chi connectivity index (χ0n) is 16.1. The van der Waals surface area contributed by atoms with E-state index in [0.29, 0.717) is 18.1 Å². The molecule has 5 nitrogen and oxygen atoms in total. The molecule has 1 aliphatic carbocycles. The molecule has 2 N–H and O–H groups in total. The fraction of sp³-hybridized carbons (Fsp3) is 0.714. The topological polar surface area (TPSA) is 57.0 Å². The first-order valence-electron chi connectivity index (χ1n) is 9.99. The van der Waals surface area contributed by atoms with Crippen LogP contribution in [-0.4, -0.2) is 57.0 Å². The first kappa shape index (κ1) is 18.1. The van der Waals surface area contributed by atoms with Gasteiger partial charge in [-0.2, -0.15) is 0 Å². The van der Waals surface area contributed by atoms with E-state index in [1.54, 1.807) is 14.2 Å². The van der Waals surface area contributed by atoms with Gasteiger partial charge in [-0.15, -0.1) is 0 Å². The zero-order chi connectivity index (χ0) is 18.1. The van der Waals surface area contributed by atoms with Gasteiger partial charge in [-0.05, 0) is 62.8 Å². The van der Waals surface area contributed by atoms with Crippen LogP contribution in [0.2, 0.25) is 0 Å². The number of nitrogens with two attached hydrogens (primary N) is 1. The van der Waals surface area contributed by atoms with Crippen LogP contribution in [0.1, 0.15) is 44.1 Å². The largest absolute Gasteiger partial charge is 0.493 e. The molecule has 3 unspecified atom stereocenters. The van der Waals surface area contributed by atoms with Crippen LogP contribution >= 0.6 is 0 Å². The van der Waals surface area contributed by atoms with Crippen LogP contribution in [0, 0.1) is 0 Å². The average molecular weight is 360 g/mol. The molecule has 1 aromatic carbocycles. The number of benzene rings is 1. The van der Waals surface area contributed by atoms with E-state index in [1.165, 1.54) is 12.0 Å². The number of likely N-dealkylation sites (tertiary alicyclic amines) is 1. The van der Waals surface area contributed by atoms with Gasteiger partial charge >= 0.3 is 0 Å². The minimum atomic E-state index is 0.188. The summed E-state index contributed by atoms with van der Waals surface area (Å²) in [5.74, 6) is 1.63. The second-order valence-electron chi connectivity index (χ2n) is 8.11. The van der Waals surface area contributed by atoms with E-state index in [4.69, 9.17) is 19.9 Å². The molecule has 3 fully saturated rings. The molecule has 0 bridgehead atoms. The summed E-state index contributed by atoms with van der Waals surface area (Å²) >= 11 is 0. The Balaban J connectivity index is 1.68. The molecule has 0 amide bonds. The number of hydrogen-bond acceptors (Lipinski definition) is 5. The maximum Gasteiger partial charge on any atom is 0.161 e. The fourth-order valence-electron chi connectivity index (χ4n) is 5.55. The van der Waals surface area contributed by atoms with Crippen molar-refractivity contribution in [2.24, 2.45) is 5.73 Å². The highest BCUT2D eigenvalue weighted by Crippen LogP contribution is 2.51. The van der Waals surface area contributed by atoms with Gasteiger partial charge in [-0.1, -0.05) is 6.07 Å². The maximum atomic E-state index is 6.43. The van der Waals surface area contributed by atoms with Gasteiger partial charge in [-0.25, -0.2) is 0 Å². The highest BCUT2D eigenvalue weighted by molar-refractivity contribution is 5.46. The van der Waals surface area contributed by atoms with Crippen molar-refractivity contribution >= 4 is 0 Å². The van der Waals surface area contributed by atoms with E-state index < -0.39 is 0 Å². The Morgan fingerprint density at radius 2 is 1.85 bits per heavy atom. The second-order valence-corrected chi connectivity index (χ2v) is 8.11. The second kappa shape index (κ2) is 7.37. The van der Waals surface area contributed by atoms with Crippen molar-refractivity contribution in [3.63, 3.8) is 0 Å². The van der Waals surface area contributed by atoms with E-state index in [1.807, 2.05) is 0 Å². The Hall–Kier alpha value is -1.30. The molecular formula is C21H32N2O3. The third-order valence-corrected chi connectivity index (χ3v) is 6.96. The number of nitrogens with zero attached hydrogens (tertiary/aromatic N) is 1. The summed E-state index contributed by atoms with van der Waals surface area (Å²) in [6.07, 6.45) is 6.85. The smallest absolute Gasteiger partial charge is 0.161 e. The first-order valence-corrected chi connectivity index (χ1v) is 9.99. The molecule has 0 radical (unpaired) electrons. The van der Waals surface area contributed by atoms with Gasteiger partial charge < -0.3 is 19.9 Å². The Bertz CT molecular complexity index is 632. The van der Waals surface area contributed by atoms with Crippen LogP contribution in [0.4, 0.5) is 0 Å². The van der Waals surface area contributed by atoms with Gasteiger partial charge in [0.1, 0.15) is 0 Å². The van der Waals surface area contributed by atoms with Gasteiger partial charge in [0.15, 0.2) is 11.5 Å². The molecule has 0 aromatic heterocycles. The number of rotatable bonds is 4. The summed E-state index contributed by atoms with van der Waals surface area (Å²) in [6, 6.07) is 7.99.